The van der Waals surface area contributed by atoms with Gasteiger partial charge in [-0.15, -0.1) is 0 Å². The molecule has 0 fully saturated rings. The van der Waals surface area contributed by atoms with Crippen LogP contribution in [-0.2, 0) is 32.6 Å². The average molecular weight is 554 g/mol. The molecule has 3 aromatic carbocycles. The summed E-state index contributed by atoms with van der Waals surface area (Å²) in [4.78, 5) is 28.6. The summed E-state index contributed by atoms with van der Waals surface area (Å²) in [7, 11) is -0.840. The smallest absolute Gasteiger partial charge is 0.244 e. The summed E-state index contributed by atoms with van der Waals surface area (Å²) < 4.78 is 37.9. The molecule has 1 N–H and O–H groups in total. The molecule has 1 atom stereocenters. The topological polar surface area (TPSA) is 105 Å². The number of sulfonamides is 1. The van der Waals surface area contributed by atoms with Crippen LogP contribution in [0.3, 0.4) is 0 Å². The number of ether oxygens (including phenoxy) is 2. The summed E-state index contributed by atoms with van der Waals surface area (Å²) in [5.74, 6) is 0.0300. The fraction of sp³-hybridized carbons (Fsp3) is 0.310. The van der Waals surface area contributed by atoms with Gasteiger partial charge in [-0.2, -0.15) is 0 Å². The van der Waals surface area contributed by atoms with E-state index in [0.29, 0.717) is 18.1 Å². The predicted molar refractivity (Wildman–Crippen MR) is 151 cm³/mol. The first kappa shape index (κ1) is 29.5. The van der Waals surface area contributed by atoms with Crippen LogP contribution in [0.5, 0.6) is 11.5 Å². The number of rotatable bonds is 13. The second-order valence-corrected chi connectivity index (χ2v) is 10.8. The van der Waals surface area contributed by atoms with Gasteiger partial charge in [0.15, 0.2) is 0 Å². The minimum absolute atomic E-state index is 0.0612. The maximum absolute atomic E-state index is 14.0. The van der Waals surface area contributed by atoms with Crippen molar-refractivity contribution in [2.45, 2.75) is 25.9 Å². The van der Waals surface area contributed by atoms with Gasteiger partial charge in [-0.3, -0.25) is 13.9 Å². The summed E-state index contributed by atoms with van der Waals surface area (Å²) in [5, 5.41) is 2.66. The largest absolute Gasteiger partial charge is 0.497 e. The molecule has 9 nitrogen and oxygen atoms in total. The van der Waals surface area contributed by atoms with Gasteiger partial charge < -0.3 is 19.7 Å². The van der Waals surface area contributed by atoms with E-state index in [4.69, 9.17) is 9.47 Å². The highest BCUT2D eigenvalue weighted by atomic mass is 32.2. The number of amides is 2. The molecule has 208 valence electrons. The minimum atomic E-state index is -3.90. The number of para-hydroxylation sites is 2. The lowest BCUT2D eigenvalue weighted by Gasteiger charge is -2.33. The van der Waals surface area contributed by atoms with E-state index in [9.17, 15) is 18.0 Å². The van der Waals surface area contributed by atoms with Crippen molar-refractivity contribution in [3.8, 4) is 11.5 Å². The molecule has 0 aromatic heterocycles. The maximum Gasteiger partial charge on any atom is 0.244 e. The van der Waals surface area contributed by atoms with Crippen molar-refractivity contribution in [1.82, 2.24) is 10.2 Å². The number of anilines is 1. The van der Waals surface area contributed by atoms with Crippen LogP contribution in [0.1, 0.15) is 18.1 Å². The first-order chi connectivity index (χ1) is 18.7. The van der Waals surface area contributed by atoms with Gasteiger partial charge in [0, 0.05) is 20.0 Å². The van der Waals surface area contributed by atoms with Gasteiger partial charge in [0.05, 0.1) is 25.7 Å². The molecule has 0 aliphatic carbocycles. The van der Waals surface area contributed by atoms with Gasteiger partial charge in [-0.1, -0.05) is 54.6 Å². The van der Waals surface area contributed by atoms with E-state index in [1.165, 1.54) is 11.9 Å². The van der Waals surface area contributed by atoms with Gasteiger partial charge in [-0.05, 0) is 42.3 Å². The molecule has 0 spiro atoms. The first-order valence-electron chi connectivity index (χ1n) is 12.5. The van der Waals surface area contributed by atoms with Crippen LogP contribution in [0.15, 0.2) is 78.9 Å². The minimum Gasteiger partial charge on any atom is -0.497 e. The SMILES string of the molecule is CCOc1ccccc1N(CC(=O)N(Cc1cccc(OC)c1)C(Cc1ccccc1)C(=O)NC)S(C)(=O)=O. The Morgan fingerprint density at radius 2 is 1.62 bits per heavy atom. The Morgan fingerprint density at radius 3 is 2.26 bits per heavy atom. The third kappa shape index (κ3) is 7.97. The van der Waals surface area contributed by atoms with Crippen molar-refractivity contribution >= 4 is 27.5 Å². The monoisotopic (exact) mass is 553 g/mol. The number of methoxy groups -OCH3 is 1. The van der Waals surface area contributed by atoms with Crippen molar-refractivity contribution in [2.24, 2.45) is 0 Å². The Morgan fingerprint density at radius 1 is 0.949 bits per heavy atom. The van der Waals surface area contributed by atoms with Crippen LogP contribution >= 0.6 is 0 Å². The van der Waals surface area contributed by atoms with E-state index in [1.807, 2.05) is 36.4 Å². The number of benzene rings is 3. The number of likely N-dealkylation sites (N-methyl/N-ethyl adjacent to an activating group) is 1. The molecule has 2 amide bonds. The van der Waals surface area contributed by atoms with Gasteiger partial charge in [0.25, 0.3) is 0 Å². The summed E-state index contributed by atoms with van der Waals surface area (Å²) in [5.41, 5.74) is 1.83. The number of nitrogens with zero attached hydrogens (tertiary/aromatic N) is 2. The molecular weight excluding hydrogens is 518 g/mol. The maximum atomic E-state index is 14.0. The molecule has 0 saturated carbocycles. The lowest BCUT2D eigenvalue weighted by atomic mass is 10.0. The van der Waals surface area contributed by atoms with Crippen molar-refractivity contribution in [2.75, 3.05) is 37.9 Å². The Labute approximate surface area is 230 Å². The lowest BCUT2D eigenvalue weighted by molar-refractivity contribution is -0.139. The van der Waals surface area contributed by atoms with Crippen LogP contribution in [0, 0.1) is 0 Å². The van der Waals surface area contributed by atoms with Crippen LogP contribution in [-0.4, -0.2) is 64.7 Å². The second-order valence-electron chi connectivity index (χ2n) is 8.86. The summed E-state index contributed by atoms with van der Waals surface area (Å²) >= 11 is 0. The fourth-order valence-electron chi connectivity index (χ4n) is 4.22. The van der Waals surface area contributed by atoms with Crippen molar-refractivity contribution in [3.05, 3.63) is 90.0 Å². The van der Waals surface area contributed by atoms with Gasteiger partial charge in [0.1, 0.15) is 24.1 Å². The highest BCUT2D eigenvalue weighted by Gasteiger charge is 2.33. The normalized spacial score (nSPS) is 11.8. The van der Waals surface area contributed by atoms with E-state index < -0.39 is 28.5 Å². The van der Waals surface area contributed by atoms with Gasteiger partial charge in [0.2, 0.25) is 21.8 Å². The van der Waals surface area contributed by atoms with E-state index >= 15 is 0 Å². The zero-order chi connectivity index (χ0) is 28.4. The number of hydrogen-bond donors (Lipinski definition) is 1. The third-order valence-corrected chi connectivity index (χ3v) is 7.24. The summed E-state index contributed by atoms with van der Waals surface area (Å²) in [6, 6.07) is 22.3. The van der Waals surface area contributed by atoms with Crippen molar-refractivity contribution in [3.63, 3.8) is 0 Å². The number of hydrogen-bond acceptors (Lipinski definition) is 6. The summed E-state index contributed by atoms with van der Waals surface area (Å²) in [6.45, 7) is 1.65. The Kier molecular flexibility index (Phi) is 10.3. The zero-order valence-corrected chi connectivity index (χ0v) is 23.5. The first-order valence-corrected chi connectivity index (χ1v) is 14.4. The highest BCUT2D eigenvalue weighted by molar-refractivity contribution is 7.92. The molecule has 1 unspecified atom stereocenters. The fourth-order valence-corrected chi connectivity index (χ4v) is 5.08. The van der Waals surface area contributed by atoms with E-state index in [1.54, 1.807) is 56.5 Å². The number of carbonyl (C=O) groups is 2. The quantitative estimate of drug-likeness (QED) is 0.349. The van der Waals surface area contributed by atoms with Crippen molar-refractivity contribution in [1.29, 1.82) is 0 Å². The molecule has 3 aromatic rings. The Bertz CT molecular complexity index is 1360. The standard InChI is InChI=1S/C29H35N3O6S/c1-5-38-27-17-10-9-16-25(27)32(39(4,35)36)21-28(33)31(20-23-14-11-15-24(18-23)37-3)26(29(34)30-2)19-22-12-7-6-8-13-22/h6-18,26H,5,19-21H2,1-4H3,(H,30,34). The molecule has 39 heavy (non-hydrogen) atoms. The Balaban J connectivity index is 2.06. The van der Waals surface area contributed by atoms with E-state index in [2.05, 4.69) is 5.32 Å². The molecule has 0 bridgehead atoms. The second kappa shape index (κ2) is 13.7. The molecule has 10 heteroatoms. The zero-order valence-electron chi connectivity index (χ0n) is 22.7. The van der Waals surface area contributed by atoms with Gasteiger partial charge in [-0.25, -0.2) is 8.42 Å². The molecule has 3 rings (SSSR count). The molecule has 0 radical (unpaired) electrons. The van der Waals surface area contributed by atoms with Crippen LogP contribution in [0.25, 0.3) is 0 Å². The highest BCUT2D eigenvalue weighted by Crippen LogP contribution is 2.30. The molecule has 0 saturated heterocycles. The third-order valence-electron chi connectivity index (χ3n) is 6.12. The number of carbonyl (C=O) groups excluding carboxylic acids is 2. The Hall–Kier alpha value is -4.05. The number of nitrogens with one attached hydrogen (secondary N) is 1. The molecular formula is C29H35N3O6S. The average Bonchev–Trinajstić information content (AvgIpc) is 2.93. The van der Waals surface area contributed by atoms with E-state index in [0.717, 1.165) is 21.7 Å². The van der Waals surface area contributed by atoms with Crippen molar-refractivity contribution < 1.29 is 27.5 Å². The van der Waals surface area contributed by atoms with Crippen LogP contribution in [0.2, 0.25) is 0 Å². The molecule has 0 aliphatic heterocycles. The summed E-state index contributed by atoms with van der Waals surface area (Å²) in [6.07, 6.45) is 1.28. The van der Waals surface area contributed by atoms with Crippen LogP contribution < -0.4 is 19.1 Å². The predicted octanol–water partition coefficient (Wildman–Crippen LogP) is 3.25. The van der Waals surface area contributed by atoms with E-state index in [-0.39, 0.29) is 24.6 Å². The van der Waals surface area contributed by atoms with Gasteiger partial charge >= 0.3 is 0 Å². The molecule has 0 heterocycles. The lowest BCUT2D eigenvalue weighted by Crippen LogP contribution is -2.52. The molecule has 0 aliphatic rings. The van der Waals surface area contributed by atoms with Crippen LogP contribution in [0.4, 0.5) is 5.69 Å².